The molecule has 1 fully saturated rings. The molecule has 19 heavy (non-hydrogen) atoms. The van der Waals surface area contributed by atoms with Gasteiger partial charge in [0.15, 0.2) is 0 Å². The minimum Gasteiger partial charge on any atom is -0.359 e. The zero-order valence-corrected chi connectivity index (χ0v) is 12.9. The van der Waals surface area contributed by atoms with Crippen LogP contribution in [0.4, 0.5) is 5.82 Å². The first-order valence-corrected chi connectivity index (χ1v) is 7.54. The average Bonchev–Trinajstić information content (AvgIpc) is 2.32. The predicted molar refractivity (Wildman–Crippen MR) is 81.8 cm³/mol. The fraction of sp³-hybridized carbons (Fsp3) is 0.667. The van der Waals surface area contributed by atoms with Crippen molar-refractivity contribution in [2.45, 2.75) is 45.7 Å². The quantitative estimate of drug-likeness (QED) is 0.865. The Labute approximate surface area is 121 Å². The van der Waals surface area contributed by atoms with Gasteiger partial charge in [-0.15, -0.1) is 0 Å². The number of halogens is 1. The highest BCUT2D eigenvalue weighted by atomic mass is 35.5. The molecule has 1 saturated carbocycles. The standard InChI is InChI=1S/C15H24ClN3/c1-11(2)17-9-14-13(16)7-8-15(18-14)19(3)10-12-5-4-6-12/h7-8,11-12,17H,4-6,9-10H2,1-3H3. The van der Waals surface area contributed by atoms with Crippen molar-refractivity contribution in [3.05, 3.63) is 22.8 Å². The lowest BCUT2D eigenvalue weighted by molar-refractivity contribution is 0.321. The van der Waals surface area contributed by atoms with Gasteiger partial charge < -0.3 is 10.2 Å². The Balaban J connectivity index is 2.01. The van der Waals surface area contributed by atoms with Gasteiger partial charge in [0.2, 0.25) is 0 Å². The second-order valence-corrected chi connectivity index (χ2v) is 6.22. The summed E-state index contributed by atoms with van der Waals surface area (Å²) in [5.74, 6) is 1.87. The number of hydrogen-bond acceptors (Lipinski definition) is 3. The maximum atomic E-state index is 6.21. The van der Waals surface area contributed by atoms with Crippen LogP contribution < -0.4 is 10.2 Å². The maximum absolute atomic E-state index is 6.21. The third-order valence-electron chi connectivity index (χ3n) is 3.73. The fourth-order valence-corrected chi connectivity index (χ4v) is 2.44. The van der Waals surface area contributed by atoms with Crippen LogP contribution in [0.25, 0.3) is 0 Å². The first kappa shape index (κ1) is 14.6. The van der Waals surface area contributed by atoms with E-state index in [4.69, 9.17) is 11.6 Å². The van der Waals surface area contributed by atoms with Crippen LogP contribution in [0.3, 0.4) is 0 Å². The van der Waals surface area contributed by atoms with Crippen molar-refractivity contribution in [3.8, 4) is 0 Å². The first-order chi connectivity index (χ1) is 9.06. The highest BCUT2D eigenvalue weighted by Crippen LogP contribution is 2.28. The largest absolute Gasteiger partial charge is 0.359 e. The number of nitrogens with zero attached hydrogens (tertiary/aromatic N) is 2. The average molecular weight is 282 g/mol. The van der Waals surface area contributed by atoms with Gasteiger partial charge in [-0.2, -0.15) is 0 Å². The number of anilines is 1. The van der Waals surface area contributed by atoms with Crippen molar-refractivity contribution in [1.29, 1.82) is 0 Å². The molecule has 1 aliphatic rings. The first-order valence-electron chi connectivity index (χ1n) is 7.16. The molecule has 0 radical (unpaired) electrons. The molecule has 106 valence electrons. The van der Waals surface area contributed by atoms with Gasteiger partial charge in [-0.1, -0.05) is 31.9 Å². The van der Waals surface area contributed by atoms with E-state index in [2.05, 4.69) is 36.1 Å². The monoisotopic (exact) mass is 281 g/mol. The summed E-state index contributed by atoms with van der Waals surface area (Å²) in [4.78, 5) is 6.94. The van der Waals surface area contributed by atoms with Gasteiger partial charge in [0.05, 0.1) is 10.7 Å². The lowest BCUT2D eigenvalue weighted by atomic mass is 9.85. The molecule has 3 nitrogen and oxygen atoms in total. The molecule has 0 atom stereocenters. The number of aromatic nitrogens is 1. The third kappa shape index (κ3) is 4.08. The highest BCUT2D eigenvalue weighted by molar-refractivity contribution is 6.31. The lowest BCUT2D eigenvalue weighted by Crippen LogP contribution is -2.30. The van der Waals surface area contributed by atoms with E-state index < -0.39 is 0 Å². The zero-order valence-electron chi connectivity index (χ0n) is 12.1. The third-order valence-corrected chi connectivity index (χ3v) is 4.07. The molecule has 1 aliphatic carbocycles. The van der Waals surface area contributed by atoms with Gasteiger partial charge in [-0.25, -0.2) is 4.98 Å². The summed E-state index contributed by atoms with van der Waals surface area (Å²) in [5.41, 5.74) is 0.938. The van der Waals surface area contributed by atoms with Crippen molar-refractivity contribution in [2.24, 2.45) is 5.92 Å². The Kier molecular flexibility index (Phi) is 5.06. The number of rotatable bonds is 6. The molecule has 1 aromatic heterocycles. The van der Waals surface area contributed by atoms with Crippen LogP contribution in [-0.4, -0.2) is 24.6 Å². The number of nitrogens with one attached hydrogen (secondary N) is 1. The Morgan fingerprint density at radius 3 is 2.74 bits per heavy atom. The van der Waals surface area contributed by atoms with E-state index in [1.54, 1.807) is 0 Å². The maximum Gasteiger partial charge on any atom is 0.128 e. The minimum absolute atomic E-state index is 0.439. The second-order valence-electron chi connectivity index (χ2n) is 5.81. The second kappa shape index (κ2) is 6.58. The predicted octanol–water partition coefficient (Wildman–Crippen LogP) is 3.47. The molecule has 2 rings (SSSR count). The number of hydrogen-bond donors (Lipinski definition) is 1. The highest BCUT2D eigenvalue weighted by Gasteiger charge is 2.20. The van der Waals surface area contributed by atoms with Crippen LogP contribution in [0, 0.1) is 5.92 Å². The molecule has 0 amide bonds. The molecule has 1 aromatic rings. The van der Waals surface area contributed by atoms with E-state index in [0.717, 1.165) is 35.5 Å². The van der Waals surface area contributed by atoms with E-state index in [1.807, 2.05) is 12.1 Å². The molecule has 4 heteroatoms. The zero-order chi connectivity index (χ0) is 13.8. The summed E-state index contributed by atoms with van der Waals surface area (Å²) in [6.07, 6.45) is 4.11. The van der Waals surface area contributed by atoms with Crippen LogP contribution in [0.5, 0.6) is 0 Å². The van der Waals surface area contributed by atoms with Crippen LogP contribution in [0.2, 0.25) is 5.02 Å². The van der Waals surface area contributed by atoms with Gasteiger partial charge in [-0.3, -0.25) is 0 Å². The molecular formula is C15H24ClN3. The van der Waals surface area contributed by atoms with Gasteiger partial charge in [0, 0.05) is 26.2 Å². The Hall–Kier alpha value is -0.800. The Morgan fingerprint density at radius 2 is 2.16 bits per heavy atom. The van der Waals surface area contributed by atoms with E-state index in [9.17, 15) is 0 Å². The van der Waals surface area contributed by atoms with Gasteiger partial charge >= 0.3 is 0 Å². The van der Waals surface area contributed by atoms with Gasteiger partial charge in [-0.05, 0) is 30.9 Å². The Bertz CT molecular complexity index is 416. The van der Waals surface area contributed by atoms with E-state index in [1.165, 1.54) is 19.3 Å². The number of pyridine rings is 1. The molecule has 1 N–H and O–H groups in total. The molecule has 1 heterocycles. The van der Waals surface area contributed by atoms with Crippen LogP contribution in [0.15, 0.2) is 12.1 Å². The summed E-state index contributed by atoms with van der Waals surface area (Å²) < 4.78 is 0. The topological polar surface area (TPSA) is 28.2 Å². The van der Waals surface area contributed by atoms with Crippen LogP contribution in [-0.2, 0) is 6.54 Å². The molecule has 0 spiro atoms. The SMILES string of the molecule is CC(C)NCc1nc(N(C)CC2CCC2)ccc1Cl. The van der Waals surface area contributed by atoms with E-state index >= 15 is 0 Å². The van der Waals surface area contributed by atoms with Crippen molar-refractivity contribution < 1.29 is 0 Å². The summed E-state index contributed by atoms with van der Waals surface area (Å²) in [6, 6.07) is 4.41. The molecule has 0 bridgehead atoms. The molecule has 0 aromatic carbocycles. The van der Waals surface area contributed by atoms with Crippen molar-refractivity contribution in [2.75, 3.05) is 18.5 Å². The van der Waals surface area contributed by atoms with Crippen LogP contribution in [0.1, 0.15) is 38.8 Å². The molecule has 0 saturated heterocycles. The molecular weight excluding hydrogens is 258 g/mol. The van der Waals surface area contributed by atoms with Crippen molar-refractivity contribution in [3.63, 3.8) is 0 Å². The molecule has 0 unspecified atom stereocenters. The molecule has 0 aliphatic heterocycles. The minimum atomic E-state index is 0.439. The summed E-state index contributed by atoms with van der Waals surface area (Å²) in [6.45, 7) is 6.08. The Morgan fingerprint density at radius 1 is 1.42 bits per heavy atom. The van der Waals surface area contributed by atoms with E-state index in [0.29, 0.717) is 6.04 Å². The van der Waals surface area contributed by atoms with Crippen LogP contribution >= 0.6 is 11.6 Å². The summed E-state index contributed by atoms with van der Waals surface area (Å²) in [7, 11) is 2.12. The smallest absolute Gasteiger partial charge is 0.128 e. The summed E-state index contributed by atoms with van der Waals surface area (Å²) in [5, 5.41) is 4.11. The van der Waals surface area contributed by atoms with E-state index in [-0.39, 0.29) is 0 Å². The lowest BCUT2D eigenvalue weighted by Gasteiger charge is -2.31. The summed E-state index contributed by atoms with van der Waals surface area (Å²) >= 11 is 6.21. The van der Waals surface area contributed by atoms with Gasteiger partial charge in [0.1, 0.15) is 5.82 Å². The van der Waals surface area contributed by atoms with Gasteiger partial charge in [0.25, 0.3) is 0 Å². The van der Waals surface area contributed by atoms with Crippen molar-refractivity contribution in [1.82, 2.24) is 10.3 Å². The normalized spacial score (nSPS) is 15.6. The van der Waals surface area contributed by atoms with Crippen molar-refractivity contribution >= 4 is 17.4 Å². The fourth-order valence-electron chi connectivity index (χ4n) is 2.27.